The fraction of sp³-hybridized carbons (Fsp3) is 0.632. The minimum atomic E-state index is 0.206. The third-order valence-electron chi connectivity index (χ3n) is 4.53. The first-order chi connectivity index (χ1) is 11.2. The van der Waals surface area contributed by atoms with Gasteiger partial charge in [0, 0.05) is 13.0 Å². The Morgan fingerprint density at radius 2 is 2.04 bits per heavy atom. The van der Waals surface area contributed by atoms with Crippen molar-refractivity contribution < 1.29 is 9.53 Å². The van der Waals surface area contributed by atoms with E-state index >= 15 is 0 Å². The van der Waals surface area contributed by atoms with E-state index in [1.165, 1.54) is 5.56 Å². The Bertz CT molecular complexity index is 482. The number of hydrogen-bond acceptors (Lipinski definition) is 3. The van der Waals surface area contributed by atoms with Crippen LogP contribution in [0.15, 0.2) is 24.3 Å². The molecule has 4 heteroatoms. The SMILES string of the molecule is CCOc1ccccc1CCCNC(=O)CC1CCN(C)CC1. The van der Waals surface area contributed by atoms with Crippen LogP contribution in [0.4, 0.5) is 0 Å². The monoisotopic (exact) mass is 318 g/mol. The van der Waals surface area contributed by atoms with E-state index in [2.05, 4.69) is 23.3 Å². The number of benzene rings is 1. The molecule has 0 saturated carbocycles. The number of ether oxygens (including phenoxy) is 1. The van der Waals surface area contributed by atoms with E-state index < -0.39 is 0 Å². The summed E-state index contributed by atoms with van der Waals surface area (Å²) in [6.07, 6.45) is 4.86. The van der Waals surface area contributed by atoms with Crippen LogP contribution >= 0.6 is 0 Å². The molecule has 0 radical (unpaired) electrons. The second-order valence-electron chi connectivity index (χ2n) is 6.45. The zero-order valence-electron chi connectivity index (χ0n) is 14.5. The summed E-state index contributed by atoms with van der Waals surface area (Å²) in [7, 11) is 2.15. The summed E-state index contributed by atoms with van der Waals surface area (Å²) in [6, 6.07) is 8.15. The Morgan fingerprint density at radius 1 is 1.30 bits per heavy atom. The molecule has 23 heavy (non-hydrogen) atoms. The molecule has 1 aliphatic heterocycles. The van der Waals surface area contributed by atoms with Crippen LogP contribution in [0, 0.1) is 5.92 Å². The lowest BCUT2D eigenvalue weighted by molar-refractivity contribution is -0.122. The minimum absolute atomic E-state index is 0.206. The van der Waals surface area contributed by atoms with E-state index in [1.54, 1.807) is 0 Å². The molecule has 1 heterocycles. The largest absolute Gasteiger partial charge is 0.494 e. The van der Waals surface area contributed by atoms with Gasteiger partial charge < -0.3 is 15.0 Å². The second-order valence-corrected chi connectivity index (χ2v) is 6.45. The summed E-state index contributed by atoms with van der Waals surface area (Å²) in [5.74, 6) is 1.73. The lowest BCUT2D eigenvalue weighted by atomic mass is 9.93. The molecule has 1 saturated heterocycles. The molecule has 2 rings (SSSR count). The van der Waals surface area contributed by atoms with Crippen molar-refractivity contribution in [2.24, 2.45) is 5.92 Å². The van der Waals surface area contributed by atoms with E-state index in [1.807, 2.05) is 25.1 Å². The molecule has 0 aliphatic carbocycles. The Hall–Kier alpha value is -1.55. The predicted molar refractivity (Wildman–Crippen MR) is 93.8 cm³/mol. The molecule has 0 unspecified atom stereocenters. The Balaban J connectivity index is 1.64. The van der Waals surface area contributed by atoms with Crippen molar-refractivity contribution in [1.82, 2.24) is 10.2 Å². The smallest absolute Gasteiger partial charge is 0.220 e. The Morgan fingerprint density at radius 3 is 2.78 bits per heavy atom. The van der Waals surface area contributed by atoms with Crippen LogP contribution in [0.5, 0.6) is 5.75 Å². The molecule has 0 spiro atoms. The topological polar surface area (TPSA) is 41.6 Å². The number of carbonyl (C=O) groups is 1. The maximum absolute atomic E-state index is 12.0. The van der Waals surface area contributed by atoms with Gasteiger partial charge in [-0.2, -0.15) is 0 Å². The van der Waals surface area contributed by atoms with E-state index in [0.717, 1.165) is 51.1 Å². The summed E-state index contributed by atoms with van der Waals surface area (Å²) in [4.78, 5) is 14.4. The van der Waals surface area contributed by atoms with Crippen LogP contribution in [0.2, 0.25) is 0 Å². The van der Waals surface area contributed by atoms with Crippen LogP contribution in [-0.2, 0) is 11.2 Å². The summed E-state index contributed by atoms with van der Waals surface area (Å²) in [5.41, 5.74) is 1.22. The van der Waals surface area contributed by atoms with Crippen molar-refractivity contribution in [2.75, 3.05) is 33.3 Å². The number of aryl methyl sites for hydroxylation is 1. The molecule has 1 aromatic rings. The number of likely N-dealkylation sites (tertiary alicyclic amines) is 1. The van der Waals surface area contributed by atoms with Gasteiger partial charge in [-0.3, -0.25) is 4.79 Å². The molecular weight excluding hydrogens is 288 g/mol. The van der Waals surface area contributed by atoms with Gasteiger partial charge in [-0.15, -0.1) is 0 Å². The maximum Gasteiger partial charge on any atom is 0.220 e. The standard InChI is InChI=1S/C19H30N2O2/c1-3-23-18-9-5-4-7-17(18)8-6-12-20-19(22)15-16-10-13-21(2)14-11-16/h4-5,7,9,16H,3,6,8,10-15H2,1-2H3,(H,20,22). The third-order valence-corrected chi connectivity index (χ3v) is 4.53. The third kappa shape index (κ3) is 6.22. The summed E-state index contributed by atoms with van der Waals surface area (Å²) in [5, 5.41) is 3.07. The van der Waals surface area contributed by atoms with Gasteiger partial charge in [0.15, 0.2) is 0 Å². The highest BCUT2D eigenvalue weighted by molar-refractivity contribution is 5.76. The Labute approximate surface area is 140 Å². The first-order valence-corrected chi connectivity index (χ1v) is 8.85. The number of nitrogens with one attached hydrogen (secondary N) is 1. The fourth-order valence-corrected chi connectivity index (χ4v) is 3.11. The van der Waals surface area contributed by atoms with Crippen molar-refractivity contribution >= 4 is 5.91 Å². The van der Waals surface area contributed by atoms with Crippen molar-refractivity contribution in [1.29, 1.82) is 0 Å². The van der Waals surface area contributed by atoms with Crippen LogP contribution in [-0.4, -0.2) is 44.1 Å². The number of piperidine rings is 1. The second kappa shape index (κ2) is 9.56. The van der Waals surface area contributed by atoms with E-state index in [-0.39, 0.29) is 5.91 Å². The molecule has 1 fully saturated rings. The summed E-state index contributed by atoms with van der Waals surface area (Å²) in [6.45, 7) is 5.66. The molecule has 1 aromatic carbocycles. The molecule has 1 N–H and O–H groups in total. The van der Waals surface area contributed by atoms with Gasteiger partial charge in [-0.05, 0) is 70.3 Å². The minimum Gasteiger partial charge on any atom is -0.494 e. The van der Waals surface area contributed by atoms with Gasteiger partial charge in [0.25, 0.3) is 0 Å². The van der Waals surface area contributed by atoms with Gasteiger partial charge in [0.1, 0.15) is 5.75 Å². The molecule has 4 nitrogen and oxygen atoms in total. The number of carbonyl (C=O) groups excluding carboxylic acids is 1. The zero-order valence-corrected chi connectivity index (χ0v) is 14.5. The van der Waals surface area contributed by atoms with Crippen molar-refractivity contribution in [3.05, 3.63) is 29.8 Å². The average molecular weight is 318 g/mol. The number of rotatable bonds is 8. The number of amides is 1. The highest BCUT2D eigenvalue weighted by Crippen LogP contribution is 2.20. The van der Waals surface area contributed by atoms with Gasteiger partial charge in [0.2, 0.25) is 5.91 Å². The van der Waals surface area contributed by atoms with Crippen LogP contribution < -0.4 is 10.1 Å². The normalized spacial score (nSPS) is 16.3. The van der Waals surface area contributed by atoms with Crippen LogP contribution in [0.1, 0.15) is 38.2 Å². The Kier molecular flexibility index (Phi) is 7.40. The van der Waals surface area contributed by atoms with Crippen molar-refractivity contribution in [3.63, 3.8) is 0 Å². The molecule has 0 bridgehead atoms. The molecular formula is C19H30N2O2. The first kappa shape index (κ1) is 17.8. The molecule has 1 amide bonds. The first-order valence-electron chi connectivity index (χ1n) is 8.85. The molecule has 128 valence electrons. The maximum atomic E-state index is 12.0. The van der Waals surface area contributed by atoms with Gasteiger partial charge in [0.05, 0.1) is 6.61 Å². The van der Waals surface area contributed by atoms with E-state index in [4.69, 9.17) is 4.74 Å². The van der Waals surface area contributed by atoms with Crippen molar-refractivity contribution in [2.45, 2.75) is 39.0 Å². The van der Waals surface area contributed by atoms with Gasteiger partial charge in [-0.25, -0.2) is 0 Å². The number of hydrogen-bond donors (Lipinski definition) is 1. The zero-order chi connectivity index (χ0) is 16.5. The van der Waals surface area contributed by atoms with E-state index in [0.29, 0.717) is 18.9 Å². The predicted octanol–water partition coefficient (Wildman–Crippen LogP) is 2.87. The van der Waals surface area contributed by atoms with Gasteiger partial charge in [-0.1, -0.05) is 18.2 Å². The van der Waals surface area contributed by atoms with E-state index in [9.17, 15) is 4.79 Å². The fourth-order valence-electron chi connectivity index (χ4n) is 3.11. The van der Waals surface area contributed by atoms with Crippen molar-refractivity contribution in [3.8, 4) is 5.75 Å². The lowest BCUT2D eigenvalue weighted by Crippen LogP contribution is -2.33. The summed E-state index contributed by atoms with van der Waals surface area (Å²) >= 11 is 0. The molecule has 0 aromatic heterocycles. The number of para-hydroxylation sites is 1. The quantitative estimate of drug-likeness (QED) is 0.749. The highest BCUT2D eigenvalue weighted by Gasteiger charge is 2.19. The number of nitrogens with zero attached hydrogens (tertiary/aromatic N) is 1. The van der Waals surface area contributed by atoms with Crippen LogP contribution in [0.3, 0.4) is 0 Å². The van der Waals surface area contributed by atoms with Gasteiger partial charge >= 0.3 is 0 Å². The van der Waals surface area contributed by atoms with Crippen LogP contribution in [0.25, 0.3) is 0 Å². The highest BCUT2D eigenvalue weighted by atomic mass is 16.5. The average Bonchev–Trinajstić information content (AvgIpc) is 2.55. The molecule has 0 atom stereocenters. The summed E-state index contributed by atoms with van der Waals surface area (Å²) < 4.78 is 5.63. The lowest BCUT2D eigenvalue weighted by Gasteiger charge is -2.28. The molecule has 1 aliphatic rings.